The molecule has 0 amide bonds. The van der Waals surface area contributed by atoms with E-state index in [1.165, 1.54) is 0 Å². The smallest absolute Gasteiger partial charge is 0.240 e. The van der Waals surface area contributed by atoms with Crippen LogP contribution >= 0.6 is 0 Å². The summed E-state index contributed by atoms with van der Waals surface area (Å²) < 4.78 is 26.9. The molecule has 20 heavy (non-hydrogen) atoms. The van der Waals surface area contributed by atoms with E-state index >= 15 is 0 Å². The zero-order valence-electron chi connectivity index (χ0n) is 11.6. The molecule has 0 aliphatic rings. The van der Waals surface area contributed by atoms with Crippen molar-refractivity contribution in [2.45, 2.75) is 25.2 Å². The first-order valence-electron chi connectivity index (χ1n) is 6.46. The van der Waals surface area contributed by atoms with Gasteiger partial charge in [0.25, 0.3) is 0 Å². The summed E-state index contributed by atoms with van der Waals surface area (Å²) in [5, 5.41) is 0. The van der Waals surface area contributed by atoms with E-state index in [1.54, 1.807) is 18.3 Å². The third kappa shape index (κ3) is 3.65. The van der Waals surface area contributed by atoms with Crippen LogP contribution < -0.4 is 4.72 Å². The first kappa shape index (κ1) is 14.7. The fraction of sp³-hybridized carbons (Fsp3) is 0.267. The lowest BCUT2D eigenvalue weighted by Gasteiger charge is -2.08. The number of pyridine rings is 1. The van der Waals surface area contributed by atoms with E-state index in [2.05, 4.69) is 9.71 Å². The molecule has 1 heterocycles. The monoisotopic (exact) mass is 290 g/mol. The van der Waals surface area contributed by atoms with E-state index < -0.39 is 10.0 Å². The molecule has 2 aromatic rings. The first-order valence-corrected chi connectivity index (χ1v) is 7.94. The number of nitrogens with one attached hydrogen (secondary N) is 1. The fourth-order valence-corrected chi connectivity index (χ4v) is 2.94. The Balaban J connectivity index is 2.02. The third-order valence-corrected chi connectivity index (χ3v) is 4.65. The molecule has 1 N–H and O–H groups in total. The number of aromatic nitrogens is 1. The predicted octanol–water partition coefficient (Wildman–Crippen LogP) is 2.22. The number of benzene rings is 1. The molecule has 0 radical (unpaired) electrons. The second kappa shape index (κ2) is 6.15. The van der Waals surface area contributed by atoms with E-state index in [0.29, 0.717) is 17.9 Å². The predicted molar refractivity (Wildman–Crippen MR) is 79.0 cm³/mol. The van der Waals surface area contributed by atoms with Crippen LogP contribution in [-0.4, -0.2) is 19.9 Å². The molecule has 1 aromatic heterocycles. The molecule has 4 nitrogen and oxygen atoms in total. The van der Waals surface area contributed by atoms with Crippen LogP contribution in [0.5, 0.6) is 0 Å². The van der Waals surface area contributed by atoms with Gasteiger partial charge in [0.05, 0.1) is 4.90 Å². The summed E-state index contributed by atoms with van der Waals surface area (Å²) in [5.74, 6) is 0. The molecule has 0 unspecified atom stereocenters. The van der Waals surface area contributed by atoms with Crippen molar-refractivity contribution in [3.63, 3.8) is 0 Å². The average molecular weight is 290 g/mol. The largest absolute Gasteiger partial charge is 0.261 e. The van der Waals surface area contributed by atoms with E-state index in [1.807, 2.05) is 38.1 Å². The number of hydrogen-bond acceptors (Lipinski definition) is 3. The highest BCUT2D eigenvalue weighted by atomic mass is 32.2. The summed E-state index contributed by atoms with van der Waals surface area (Å²) in [6.45, 7) is 4.20. The van der Waals surface area contributed by atoms with Crippen molar-refractivity contribution in [3.05, 3.63) is 59.4 Å². The molecule has 1 aromatic carbocycles. The number of rotatable bonds is 5. The van der Waals surface area contributed by atoms with E-state index in [-0.39, 0.29) is 0 Å². The molecule has 0 saturated carbocycles. The van der Waals surface area contributed by atoms with Crippen LogP contribution in [0.1, 0.15) is 16.8 Å². The van der Waals surface area contributed by atoms with Crippen LogP contribution in [0, 0.1) is 13.8 Å². The Morgan fingerprint density at radius 2 is 1.90 bits per heavy atom. The molecule has 0 atom stereocenters. The Morgan fingerprint density at radius 1 is 1.10 bits per heavy atom. The van der Waals surface area contributed by atoms with Crippen molar-refractivity contribution in [1.82, 2.24) is 9.71 Å². The van der Waals surface area contributed by atoms with Gasteiger partial charge in [0.15, 0.2) is 0 Å². The highest BCUT2D eigenvalue weighted by molar-refractivity contribution is 7.89. The molecule has 2 rings (SSSR count). The summed E-state index contributed by atoms with van der Waals surface area (Å²) in [5.41, 5.74) is 2.92. The highest BCUT2D eigenvalue weighted by Crippen LogP contribution is 2.14. The minimum Gasteiger partial charge on any atom is -0.261 e. The Bertz CT molecular complexity index is 682. The van der Waals surface area contributed by atoms with Crippen molar-refractivity contribution in [1.29, 1.82) is 0 Å². The van der Waals surface area contributed by atoms with E-state index in [4.69, 9.17) is 0 Å². The van der Waals surface area contributed by atoms with Crippen LogP contribution in [0.3, 0.4) is 0 Å². The van der Waals surface area contributed by atoms with Crippen molar-refractivity contribution in [2.75, 3.05) is 6.54 Å². The van der Waals surface area contributed by atoms with Gasteiger partial charge in [-0.15, -0.1) is 0 Å². The molecule has 0 saturated heterocycles. The molecular weight excluding hydrogens is 272 g/mol. The van der Waals surface area contributed by atoms with E-state index in [9.17, 15) is 8.42 Å². The summed E-state index contributed by atoms with van der Waals surface area (Å²) in [4.78, 5) is 4.47. The maximum Gasteiger partial charge on any atom is 0.240 e. The van der Waals surface area contributed by atoms with E-state index in [0.717, 1.165) is 16.8 Å². The second-order valence-electron chi connectivity index (χ2n) is 4.71. The first-order chi connectivity index (χ1) is 9.49. The highest BCUT2D eigenvalue weighted by Gasteiger charge is 2.13. The minimum atomic E-state index is -3.45. The summed E-state index contributed by atoms with van der Waals surface area (Å²) in [7, 11) is -3.45. The van der Waals surface area contributed by atoms with Gasteiger partial charge in [0.2, 0.25) is 10.0 Å². The quantitative estimate of drug-likeness (QED) is 0.918. The Morgan fingerprint density at radius 3 is 2.55 bits per heavy atom. The standard InChI is InChI=1S/C15H18N2O2S/c1-12-6-7-15(11-13(12)2)20(18,19)17-10-8-14-5-3-4-9-16-14/h3-7,9,11,17H,8,10H2,1-2H3. The van der Waals surface area contributed by atoms with Crippen LogP contribution in [-0.2, 0) is 16.4 Å². The van der Waals surface area contributed by atoms with Crippen LogP contribution in [0.2, 0.25) is 0 Å². The van der Waals surface area contributed by atoms with Crippen molar-refractivity contribution in [3.8, 4) is 0 Å². The lowest BCUT2D eigenvalue weighted by molar-refractivity contribution is 0.581. The number of nitrogens with zero attached hydrogens (tertiary/aromatic N) is 1. The molecule has 0 bridgehead atoms. The summed E-state index contributed by atoms with van der Waals surface area (Å²) >= 11 is 0. The lowest BCUT2D eigenvalue weighted by Crippen LogP contribution is -2.26. The lowest BCUT2D eigenvalue weighted by atomic mass is 10.1. The molecule has 0 aliphatic carbocycles. The van der Waals surface area contributed by atoms with Gasteiger partial charge in [-0.1, -0.05) is 12.1 Å². The van der Waals surface area contributed by atoms with Crippen molar-refractivity contribution in [2.24, 2.45) is 0 Å². The normalized spacial score (nSPS) is 11.5. The van der Waals surface area contributed by atoms with Gasteiger partial charge in [0, 0.05) is 24.9 Å². The van der Waals surface area contributed by atoms with Gasteiger partial charge in [0.1, 0.15) is 0 Å². The molecule has 5 heteroatoms. The van der Waals surface area contributed by atoms with Crippen molar-refractivity contribution >= 4 is 10.0 Å². The molecule has 0 aliphatic heterocycles. The fourth-order valence-electron chi connectivity index (χ4n) is 1.82. The van der Waals surface area contributed by atoms with Gasteiger partial charge in [-0.25, -0.2) is 13.1 Å². The number of aryl methyl sites for hydroxylation is 2. The molecule has 106 valence electrons. The maximum absolute atomic E-state index is 12.2. The van der Waals surface area contributed by atoms with Gasteiger partial charge < -0.3 is 0 Å². The number of sulfonamides is 1. The Hall–Kier alpha value is -1.72. The Kier molecular flexibility index (Phi) is 4.52. The third-order valence-electron chi connectivity index (χ3n) is 3.19. The van der Waals surface area contributed by atoms with Crippen LogP contribution in [0.25, 0.3) is 0 Å². The zero-order valence-corrected chi connectivity index (χ0v) is 12.4. The molecule has 0 spiro atoms. The number of hydrogen-bond donors (Lipinski definition) is 1. The second-order valence-corrected chi connectivity index (χ2v) is 6.48. The zero-order chi connectivity index (χ0) is 14.6. The van der Waals surface area contributed by atoms with Crippen LogP contribution in [0.15, 0.2) is 47.5 Å². The summed E-state index contributed by atoms with van der Waals surface area (Å²) in [6.07, 6.45) is 2.28. The summed E-state index contributed by atoms with van der Waals surface area (Å²) in [6, 6.07) is 10.7. The maximum atomic E-state index is 12.2. The SMILES string of the molecule is Cc1ccc(S(=O)(=O)NCCc2ccccn2)cc1C. The van der Waals surface area contributed by atoms with Crippen molar-refractivity contribution < 1.29 is 8.42 Å². The average Bonchev–Trinajstić information content (AvgIpc) is 2.43. The molecular formula is C15H18N2O2S. The van der Waals surface area contributed by atoms with Gasteiger partial charge in [-0.05, 0) is 49.2 Å². The van der Waals surface area contributed by atoms with Gasteiger partial charge in [-0.2, -0.15) is 0 Å². The van der Waals surface area contributed by atoms with Crippen LogP contribution in [0.4, 0.5) is 0 Å². The topological polar surface area (TPSA) is 59.1 Å². The molecule has 0 fully saturated rings. The Labute approximate surface area is 119 Å². The van der Waals surface area contributed by atoms with Gasteiger partial charge >= 0.3 is 0 Å². The van der Waals surface area contributed by atoms with Gasteiger partial charge in [-0.3, -0.25) is 4.98 Å². The minimum absolute atomic E-state index is 0.307.